The van der Waals surface area contributed by atoms with Crippen molar-refractivity contribution in [3.63, 3.8) is 0 Å². The standard InChI is InChI=1S/C23H22F3N3/c24-16-1-3-17(4-2-16)29-22-19(12-27-29)18(21(25)26)8-20(28-22)23-9-13-5-14(10-23)7-15(6-13)11-23/h1-4,8,12-15,21H,5-7,9-11H2. The van der Waals surface area contributed by atoms with Crippen molar-refractivity contribution in [2.24, 2.45) is 17.8 Å². The lowest BCUT2D eigenvalue weighted by atomic mass is 9.48. The average molecular weight is 397 g/mol. The summed E-state index contributed by atoms with van der Waals surface area (Å²) in [7, 11) is 0. The van der Waals surface area contributed by atoms with Crippen molar-refractivity contribution in [2.75, 3.05) is 0 Å². The van der Waals surface area contributed by atoms with Gasteiger partial charge in [-0.3, -0.25) is 0 Å². The van der Waals surface area contributed by atoms with E-state index in [9.17, 15) is 13.2 Å². The maximum absolute atomic E-state index is 14.0. The summed E-state index contributed by atoms with van der Waals surface area (Å²) in [6.07, 6.45) is 5.92. The van der Waals surface area contributed by atoms with E-state index in [2.05, 4.69) is 5.10 Å². The van der Waals surface area contributed by atoms with Gasteiger partial charge in [-0.25, -0.2) is 22.8 Å². The molecule has 0 unspecified atom stereocenters. The first-order chi connectivity index (χ1) is 14.0. The van der Waals surface area contributed by atoms with Crippen LogP contribution < -0.4 is 0 Å². The molecular weight excluding hydrogens is 375 g/mol. The minimum absolute atomic E-state index is 0.00843. The summed E-state index contributed by atoms with van der Waals surface area (Å²) in [5, 5.41) is 4.70. The largest absolute Gasteiger partial charge is 0.264 e. The third-order valence-corrected chi connectivity index (χ3v) is 7.46. The fourth-order valence-electron chi connectivity index (χ4n) is 6.67. The Labute approximate surface area is 166 Å². The molecule has 0 aliphatic heterocycles. The van der Waals surface area contributed by atoms with Crippen LogP contribution in [0.2, 0.25) is 0 Å². The van der Waals surface area contributed by atoms with E-state index in [-0.39, 0.29) is 16.8 Å². The maximum atomic E-state index is 14.0. The molecule has 0 radical (unpaired) electrons. The Morgan fingerprint density at radius 3 is 2.17 bits per heavy atom. The molecule has 6 heteroatoms. The summed E-state index contributed by atoms with van der Waals surface area (Å²) in [4.78, 5) is 4.94. The Balaban J connectivity index is 1.54. The highest BCUT2D eigenvalue weighted by Gasteiger charge is 2.52. The van der Waals surface area contributed by atoms with Crippen LogP contribution in [0.4, 0.5) is 13.2 Å². The fraction of sp³-hybridized carbons (Fsp3) is 0.478. The Hall–Kier alpha value is -2.37. The molecule has 3 nitrogen and oxygen atoms in total. The van der Waals surface area contributed by atoms with Crippen LogP contribution in [-0.2, 0) is 5.41 Å². The van der Waals surface area contributed by atoms with Gasteiger partial charge in [0.05, 0.1) is 11.9 Å². The molecule has 4 aliphatic carbocycles. The minimum Gasteiger partial charge on any atom is -0.232 e. The van der Waals surface area contributed by atoms with Crippen molar-refractivity contribution in [2.45, 2.75) is 50.4 Å². The van der Waals surface area contributed by atoms with Crippen LogP contribution in [0.1, 0.15) is 56.2 Å². The fourth-order valence-corrected chi connectivity index (χ4v) is 6.67. The highest BCUT2D eigenvalue weighted by Crippen LogP contribution is 2.60. The summed E-state index contributed by atoms with van der Waals surface area (Å²) in [6, 6.07) is 7.54. The maximum Gasteiger partial charge on any atom is 0.264 e. The smallest absolute Gasteiger partial charge is 0.232 e. The number of rotatable bonds is 3. The quantitative estimate of drug-likeness (QED) is 0.546. The zero-order valence-electron chi connectivity index (χ0n) is 16.0. The lowest BCUT2D eigenvalue weighted by Gasteiger charge is -2.56. The van der Waals surface area contributed by atoms with Gasteiger partial charge >= 0.3 is 0 Å². The molecule has 4 saturated carbocycles. The lowest BCUT2D eigenvalue weighted by Crippen LogP contribution is -2.49. The number of aromatic nitrogens is 3. The molecule has 0 spiro atoms. The molecular formula is C23H22F3N3. The first-order valence-corrected chi connectivity index (χ1v) is 10.4. The van der Waals surface area contributed by atoms with E-state index in [1.165, 1.54) is 37.6 Å². The molecule has 1 aromatic carbocycles. The van der Waals surface area contributed by atoms with Crippen LogP contribution in [-0.4, -0.2) is 14.8 Å². The van der Waals surface area contributed by atoms with Crippen molar-refractivity contribution in [1.82, 2.24) is 14.8 Å². The van der Waals surface area contributed by atoms with Gasteiger partial charge in [-0.1, -0.05) is 0 Å². The molecule has 0 saturated heterocycles. The van der Waals surface area contributed by atoms with Gasteiger partial charge in [0.2, 0.25) is 0 Å². The molecule has 29 heavy (non-hydrogen) atoms. The second kappa shape index (κ2) is 6.07. The van der Waals surface area contributed by atoms with Gasteiger partial charge in [0.25, 0.3) is 6.43 Å². The molecule has 4 aliphatic rings. The summed E-state index contributed by atoms with van der Waals surface area (Å²) < 4.78 is 42.9. The van der Waals surface area contributed by atoms with E-state index in [0.29, 0.717) is 34.5 Å². The number of fused-ring (bicyclic) bond motifs is 1. The van der Waals surface area contributed by atoms with Gasteiger partial charge in [0.15, 0.2) is 5.65 Å². The van der Waals surface area contributed by atoms with Gasteiger partial charge in [-0.2, -0.15) is 5.10 Å². The molecule has 0 N–H and O–H groups in total. The number of benzene rings is 1. The van der Waals surface area contributed by atoms with Crippen LogP contribution in [0, 0.1) is 23.6 Å². The number of pyridine rings is 1. The second-order valence-corrected chi connectivity index (χ2v) is 9.37. The van der Waals surface area contributed by atoms with Gasteiger partial charge in [0.1, 0.15) is 5.82 Å². The van der Waals surface area contributed by atoms with E-state index in [0.717, 1.165) is 25.0 Å². The van der Waals surface area contributed by atoms with Crippen molar-refractivity contribution in [3.05, 3.63) is 53.6 Å². The molecule has 2 heterocycles. The number of alkyl halides is 2. The molecule has 7 rings (SSSR count). The summed E-state index contributed by atoms with van der Waals surface area (Å²) in [6.45, 7) is 0. The minimum atomic E-state index is -2.58. The van der Waals surface area contributed by atoms with Crippen LogP contribution in [0.15, 0.2) is 36.5 Å². The first kappa shape index (κ1) is 17.5. The van der Waals surface area contributed by atoms with Crippen LogP contribution in [0.5, 0.6) is 0 Å². The van der Waals surface area contributed by atoms with Gasteiger partial charge in [0, 0.05) is 22.1 Å². The number of hydrogen-bond donors (Lipinski definition) is 0. The second-order valence-electron chi connectivity index (χ2n) is 9.37. The molecule has 2 aromatic heterocycles. The SMILES string of the molecule is Fc1ccc(-n2ncc3c(C(F)F)cc(C45CC6CC(CC(C6)C4)C5)nc32)cc1. The molecule has 150 valence electrons. The van der Waals surface area contributed by atoms with Gasteiger partial charge in [-0.15, -0.1) is 0 Å². The summed E-state index contributed by atoms with van der Waals surface area (Å²) in [5.74, 6) is 1.77. The average Bonchev–Trinajstić information content (AvgIpc) is 3.11. The third kappa shape index (κ3) is 2.64. The Kier molecular flexibility index (Phi) is 3.66. The Morgan fingerprint density at radius 2 is 1.59 bits per heavy atom. The number of nitrogens with zero attached hydrogens (tertiary/aromatic N) is 3. The topological polar surface area (TPSA) is 30.7 Å². The van der Waals surface area contributed by atoms with Crippen molar-refractivity contribution in [1.29, 1.82) is 0 Å². The van der Waals surface area contributed by atoms with Crippen molar-refractivity contribution >= 4 is 11.0 Å². The van der Waals surface area contributed by atoms with Crippen molar-refractivity contribution < 1.29 is 13.2 Å². The van der Waals surface area contributed by atoms with E-state index in [4.69, 9.17) is 4.98 Å². The number of halogens is 3. The normalized spacial score (nSPS) is 30.6. The van der Waals surface area contributed by atoms with Gasteiger partial charge < -0.3 is 0 Å². The van der Waals surface area contributed by atoms with Crippen LogP contribution in [0.25, 0.3) is 16.7 Å². The Bertz CT molecular complexity index is 1050. The third-order valence-electron chi connectivity index (χ3n) is 7.46. The van der Waals surface area contributed by atoms with E-state index >= 15 is 0 Å². The van der Waals surface area contributed by atoms with E-state index < -0.39 is 6.43 Å². The van der Waals surface area contributed by atoms with Crippen LogP contribution in [0.3, 0.4) is 0 Å². The first-order valence-electron chi connectivity index (χ1n) is 10.4. The highest BCUT2D eigenvalue weighted by atomic mass is 19.3. The number of hydrogen-bond acceptors (Lipinski definition) is 2. The van der Waals surface area contributed by atoms with E-state index in [1.54, 1.807) is 22.9 Å². The molecule has 0 atom stereocenters. The predicted molar refractivity (Wildman–Crippen MR) is 104 cm³/mol. The Morgan fingerprint density at radius 1 is 0.966 bits per heavy atom. The van der Waals surface area contributed by atoms with Gasteiger partial charge in [-0.05, 0) is 86.6 Å². The summed E-state index contributed by atoms with van der Waals surface area (Å²) >= 11 is 0. The molecule has 4 bridgehead atoms. The monoisotopic (exact) mass is 397 g/mol. The summed E-state index contributed by atoms with van der Waals surface area (Å²) in [5.41, 5.74) is 1.80. The van der Waals surface area contributed by atoms with Crippen LogP contribution >= 0.6 is 0 Å². The molecule has 0 amide bonds. The molecule has 4 fully saturated rings. The predicted octanol–water partition coefficient (Wildman–Crippen LogP) is 5.97. The zero-order valence-corrected chi connectivity index (χ0v) is 16.0. The van der Waals surface area contributed by atoms with Crippen molar-refractivity contribution in [3.8, 4) is 5.69 Å². The zero-order chi connectivity index (χ0) is 19.8. The highest BCUT2D eigenvalue weighted by molar-refractivity contribution is 5.81. The lowest BCUT2D eigenvalue weighted by molar-refractivity contribution is -0.00721. The van der Waals surface area contributed by atoms with E-state index in [1.807, 2.05) is 0 Å². The molecule has 3 aromatic rings.